The molecule has 0 unspecified atom stereocenters. The smallest absolute Gasteiger partial charge is 0.155 e. The van der Waals surface area contributed by atoms with E-state index in [1.165, 1.54) is 12.8 Å². The lowest BCUT2D eigenvalue weighted by molar-refractivity contribution is 0.391. The largest absolute Gasteiger partial charge is 0.497 e. The maximum atomic E-state index is 6.09. The van der Waals surface area contributed by atoms with Crippen LogP contribution in [0, 0.1) is 0 Å². The number of aromatic nitrogens is 2. The molecule has 0 bridgehead atoms. The van der Waals surface area contributed by atoms with Gasteiger partial charge in [0.25, 0.3) is 0 Å². The average molecular weight is 320 g/mol. The molecule has 22 heavy (non-hydrogen) atoms. The van der Waals surface area contributed by atoms with Gasteiger partial charge in [-0.3, -0.25) is 0 Å². The highest BCUT2D eigenvalue weighted by Crippen LogP contribution is 2.43. The van der Waals surface area contributed by atoms with Crippen LogP contribution in [0.3, 0.4) is 0 Å². The van der Waals surface area contributed by atoms with Gasteiger partial charge >= 0.3 is 0 Å². The zero-order chi connectivity index (χ0) is 15.5. The molecule has 1 saturated carbocycles. The van der Waals surface area contributed by atoms with Gasteiger partial charge in [0, 0.05) is 18.2 Å². The highest BCUT2D eigenvalue weighted by atomic mass is 35.5. The molecule has 0 radical (unpaired) electrons. The number of ether oxygens (including phenoxy) is 2. The zero-order valence-corrected chi connectivity index (χ0v) is 13.4. The van der Waals surface area contributed by atoms with Gasteiger partial charge < -0.3 is 14.8 Å². The SMILES string of the molecule is COc1ccc(CNc2cc(C3CC3)c(Cl)nn2)c(OC)c1. The van der Waals surface area contributed by atoms with E-state index < -0.39 is 0 Å². The lowest BCUT2D eigenvalue weighted by Crippen LogP contribution is -2.05. The molecule has 116 valence electrons. The summed E-state index contributed by atoms with van der Waals surface area (Å²) in [6.45, 7) is 0.591. The molecule has 1 heterocycles. The zero-order valence-electron chi connectivity index (χ0n) is 12.6. The first-order valence-corrected chi connectivity index (χ1v) is 7.57. The molecule has 0 amide bonds. The van der Waals surface area contributed by atoms with E-state index in [0.29, 0.717) is 17.6 Å². The third kappa shape index (κ3) is 3.25. The quantitative estimate of drug-likeness (QED) is 0.881. The van der Waals surface area contributed by atoms with E-state index in [2.05, 4.69) is 15.5 Å². The second kappa shape index (κ2) is 6.40. The Morgan fingerprint density at radius 3 is 2.68 bits per heavy atom. The predicted molar refractivity (Wildman–Crippen MR) is 85.9 cm³/mol. The van der Waals surface area contributed by atoms with Crippen LogP contribution in [0.15, 0.2) is 24.3 Å². The Bertz CT molecular complexity index is 674. The molecule has 3 rings (SSSR count). The third-order valence-corrected chi connectivity index (χ3v) is 4.04. The monoisotopic (exact) mass is 319 g/mol. The van der Waals surface area contributed by atoms with Crippen molar-refractivity contribution in [3.63, 3.8) is 0 Å². The molecule has 5 nitrogen and oxygen atoms in total. The summed E-state index contributed by atoms with van der Waals surface area (Å²) in [5.74, 6) is 2.81. The Balaban J connectivity index is 1.73. The van der Waals surface area contributed by atoms with E-state index in [1.807, 2.05) is 24.3 Å². The summed E-state index contributed by atoms with van der Waals surface area (Å²) < 4.78 is 10.6. The molecule has 2 aromatic rings. The lowest BCUT2D eigenvalue weighted by Gasteiger charge is -2.12. The van der Waals surface area contributed by atoms with Crippen LogP contribution in [0.5, 0.6) is 11.5 Å². The summed E-state index contributed by atoms with van der Waals surface area (Å²) in [5.41, 5.74) is 2.11. The fourth-order valence-corrected chi connectivity index (χ4v) is 2.59. The summed E-state index contributed by atoms with van der Waals surface area (Å²) in [4.78, 5) is 0. The van der Waals surface area contributed by atoms with Crippen LogP contribution >= 0.6 is 11.6 Å². The van der Waals surface area contributed by atoms with E-state index in [-0.39, 0.29) is 0 Å². The second-order valence-corrected chi connectivity index (χ2v) is 5.64. The Morgan fingerprint density at radius 2 is 2.00 bits per heavy atom. The normalized spacial score (nSPS) is 13.8. The molecule has 1 N–H and O–H groups in total. The van der Waals surface area contributed by atoms with E-state index in [0.717, 1.165) is 28.4 Å². The standard InChI is InChI=1S/C16H18ClN3O2/c1-21-12-6-5-11(14(7-12)22-2)9-18-15-8-13(10-3-4-10)16(17)20-19-15/h5-8,10H,3-4,9H2,1-2H3,(H,18,19). The van der Waals surface area contributed by atoms with Gasteiger partial charge in [-0.15, -0.1) is 10.2 Å². The number of hydrogen-bond donors (Lipinski definition) is 1. The predicted octanol–water partition coefficient (Wildman–Crippen LogP) is 3.64. The summed E-state index contributed by atoms with van der Waals surface area (Å²) in [7, 11) is 3.28. The molecule has 0 spiro atoms. The van der Waals surface area contributed by atoms with Crippen LogP contribution in [0.2, 0.25) is 5.15 Å². The highest BCUT2D eigenvalue weighted by molar-refractivity contribution is 6.30. The van der Waals surface area contributed by atoms with Crippen molar-refractivity contribution >= 4 is 17.4 Å². The van der Waals surface area contributed by atoms with E-state index >= 15 is 0 Å². The number of nitrogens with zero attached hydrogens (tertiary/aromatic N) is 2. The van der Waals surface area contributed by atoms with Crippen molar-refractivity contribution in [1.82, 2.24) is 10.2 Å². The summed E-state index contributed by atoms with van der Waals surface area (Å²) in [6.07, 6.45) is 2.36. The van der Waals surface area contributed by atoms with Crippen molar-refractivity contribution in [3.05, 3.63) is 40.5 Å². The van der Waals surface area contributed by atoms with Crippen LogP contribution in [0.4, 0.5) is 5.82 Å². The Labute approximate surface area is 134 Å². The number of benzene rings is 1. The number of halogens is 1. The number of rotatable bonds is 6. The fraction of sp³-hybridized carbons (Fsp3) is 0.375. The Kier molecular flexibility index (Phi) is 4.34. The molecule has 1 aromatic heterocycles. The molecule has 1 aliphatic carbocycles. The van der Waals surface area contributed by atoms with Crippen molar-refractivity contribution < 1.29 is 9.47 Å². The van der Waals surface area contributed by atoms with Crippen molar-refractivity contribution in [1.29, 1.82) is 0 Å². The van der Waals surface area contributed by atoms with Crippen LogP contribution in [0.1, 0.15) is 29.9 Å². The minimum Gasteiger partial charge on any atom is -0.497 e. The number of methoxy groups -OCH3 is 2. The average Bonchev–Trinajstić information content (AvgIpc) is 3.38. The van der Waals surface area contributed by atoms with Crippen molar-refractivity contribution in [2.45, 2.75) is 25.3 Å². The van der Waals surface area contributed by atoms with Crippen LogP contribution in [0.25, 0.3) is 0 Å². The molecule has 0 saturated heterocycles. The van der Waals surface area contributed by atoms with Gasteiger partial charge in [-0.2, -0.15) is 0 Å². The highest BCUT2D eigenvalue weighted by Gasteiger charge is 2.27. The number of nitrogens with one attached hydrogen (secondary N) is 1. The molecule has 0 aliphatic heterocycles. The molecule has 1 aliphatic rings. The maximum Gasteiger partial charge on any atom is 0.155 e. The summed E-state index contributed by atoms with van der Waals surface area (Å²) in [6, 6.07) is 7.72. The number of hydrogen-bond acceptors (Lipinski definition) is 5. The molecule has 0 atom stereocenters. The maximum absolute atomic E-state index is 6.09. The van der Waals surface area contributed by atoms with Gasteiger partial charge in [-0.1, -0.05) is 11.6 Å². The first kappa shape index (κ1) is 14.9. The summed E-state index contributed by atoms with van der Waals surface area (Å²) >= 11 is 6.09. The van der Waals surface area contributed by atoms with Gasteiger partial charge in [0.2, 0.25) is 0 Å². The van der Waals surface area contributed by atoms with E-state index in [1.54, 1.807) is 14.2 Å². The van der Waals surface area contributed by atoms with Gasteiger partial charge in [-0.05, 0) is 42.5 Å². The van der Waals surface area contributed by atoms with E-state index in [4.69, 9.17) is 21.1 Å². The van der Waals surface area contributed by atoms with Gasteiger partial charge in [0.1, 0.15) is 17.3 Å². The minimum absolute atomic E-state index is 0.509. The fourth-order valence-electron chi connectivity index (χ4n) is 2.34. The number of anilines is 1. The molecule has 1 fully saturated rings. The minimum atomic E-state index is 0.509. The van der Waals surface area contributed by atoms with Crippen LogP contribution in [-0.4, -0.2) is 24.4 Å². The second-order valence-electron chi connectivity index (χ2n) is 5.28. The first-order valence-electron chi connectivity index (χ1n) is 7.19. The van der Waals surface area contributed by atoms with E-state index in [9.17, 15) is 0 Å². The third-order valence-electron chi connectivity index (χ3n) is 3.75. The van der Waals surface area contributed by atoms with Gasteiger partial charge in [0.05, 0.1) is 14.2 Å². The van der Waals surface area contributed by atoms with Gasteiger partial charge in [-0.25, -0.2) is 0 Å². The lowest BCUT2D eigenvalue weighted by atomic mass is 10.2. The topological polar surface area (TPSA) is 56.3 Å². The van der Waals surface area contributed by atoms with Crippen molar-refractivity contribution in [2.24, 2.45) is 0 Å². The summed E-state index contributed by atoms with van der Waals surface area (Å²) in [5, 5.41) is 11.9. The van der Waals surface area contributed by atoms with Crippen LogP contribution in [-0.2, 0) is 6.54 Å². The first-order chi connectivity index (χ1) is 10.7. The van der Waals surface area contributed by atoms with Crippen molar-refractivity contribution in [3.8, 4) is 11.5 Å². The molecule has 6 heteroatoms. The molecule has 1 aromatic carbocycles. The molecular formula is C16H18ClN3O2. The van der Waals surface area contributed by atoms with Gasteiger partial charge in [0.15, 0.2) is 5.15 Å². The molecular weight excluding hydrogens is 302 g/mol. The Morgan fingerprint density at radius 1 is 1.18 bits per heavy atom. The van der Waals surface area contributed by atoms with Crippen LogP contribution < -0.4 is 14.8 Å². The van der Waals surface area contributed by atoms with Crippen molar-refractivity contribution in [2.75, 3.05) is 19.5 Å². The Hall–Kier alpha value is -2.01.